The molecular weight excluding hydrogens is 462 g/mol. The zero-order chi connectivity index (χ0) is 12.3. The lowest BCUT2D eigenvalue weighted by Gasteiger charge is -2.04. The first-order valence-corrected chi connectivity index (χ1v) is 7.65. The number of rotatable bonds is 3. The summed E-state index contributed by atoms with van der Waals surface area (Å²) < 4.78 is 35.8. The van der Waals surface area contributed by atoms with Crippen molar-refractivity contribution in [3.05, 3.63) is 25.3 Å². The van der Waals surface area contributed by atoms with Gasteiger partial charge in [0.25, 0.3) is 10.1 Å². The number of hydrogen-bond donors (Lipinski definition) is 1. The van der Waals surface area contributed by atoms with Crippen LogP contribution in [0.25, 0.3) is 0 Å². The second-order valence-electron chi connectivity index (χ2n) is 2.81. The molecule has 5 nitrogen and oxygen atoms in total. The number of carbonyl (C=O) groups is 1. The Morgan fingerprint density at radius 3 is 2.19 bits per heavy atom. The van der Waals surface area contributed by atoms with Gasteiger partial charge in [0.05, 0.1) is 0 Å². The Hall–Kier alpha value is 0.0600. The standard InChI is InChI=1S/C8H6I2O5S/c9-5-1-6(10)3-7(2-5)15-8(11)4-16(12,13)14/h1-3H,4H2,(H,12,13,14). The van der Waals surface area contributed by atoms with Gasteiger partial charge in [-0.05, 0) is 63.4 Å². The number of ether oxygens (including phenoxy) is 1. The van der Waals surface area contributed by atoms with Crippen molar-refractivity contribution >= 4 is 61.3 Å². The van der Waals surface area contributed by atoms with Crippen molar-refractivity contribution in [1.29, 1.82) is 0 Å². The van der Waals surface area contributed by atoms with Crippen LogP contribution < -0.4 is 4.74 Å². The molecule has 0 aromatic heterocycles. The summed E-state index contributed by atoms with van der Waals surface area (Å²) in [6.07, 6.45) is 0. The summed E-state index contributed by atoms with van der Waals surface area (Å²) in [7, 11) is -4.34. The van der Waals surface area contributed by atoms with Crippen LogP contribution >= 0.6 is 45.2 Å². The van der Waals surface area contributed by atoms with Gasteiger partial charge in [0, 0.05) is 7.14 Å². The molecule has 16 heavy (non-hydrogen) atoms. The summed E-state index contributed by atoms with van der Waals surface area (Å²) in [5, 5.41) is 0. The number of benzene rings is 1. The van der Waals surface area contributed by atoms with Crippen LogP contribution in [0.3, 0.4) is 0 Å². The fourth-order valence-electron chi connectivity index (χ4n) is 0.897. The Morgan fingerprint density at radius 1 is 1.25 bits per heavy atom. The highest BCUT2D eigenvalue weighted by Crippen LogP contribution is 2.20. The first-order chi connectivity index (χ1) is 7.26. The van der Waals surface area contributed by atoms with E-state index in [0.717, 1.165) is 7.14 Å². The molecule has 88 valence electrons. The quantitative estimate of drug-likeness (QED) is 0.316. The van der Waals surface area contributed by atoms with Gasteiger partial charge < -0.3 is 4.74 Å². The fraction of sp³-hybridized carbons (Fsp3) is 0.125. The third-order valence-electron chi connectivity index (χ3n) is 1.37. The summed E-state index contributed by atoms with van der Waals surface area (Å²) in [5.41, 5.74) is 0. The monoisotopic (exact) mass is 468 g/mol. The first kappa shape index (κ1) is 14.1. The molecule has 0 atom stereocenters. The Kier molecular flexibility index (Phi) is 4.94. The van der Waals surface area contributed by atoms with Crippen LogP contribution in [-0.2, 0) is 14.9 Å². The van der Waals surface area contributed by atoms with Gasteiger partial charge >= 0.3 is 5.97 Å². The minimum Gasteiger partial charge on any atom is -0.426 e. The molecule has 0 heterocycles. The van der Waals surface area contributed by atoms with E-state index < -0.39 is 21.8 Å². The zero-order valence-electron chi connectivity index (χ0n) is 7.68. The van der Waals surface area contributed by atoms with Crippen LogP contribution in [0.2, 0.25) is 0 Å². The molecule has 1 aromatic rings. The van der Waals surface area contributed by atoms with E-state index in [0.29, 0.717) is 0 Å². The average molecular weight is 468 g/mol. The van der Waals surface area contributed by atoms with Crippen molar-refractivity contribution < 1.29 is 22.5 Å². The highest BCUT2D eigenvalue weighted by molar-refractivity contribution is 14.1. The van der Waals surface area contributed by atoms with E-state index in [1.165, 1.54) is 0 Å². The highest BCUT2D eigenvalue weighted by atomic mass is 127. The van der Waals surface area contributed by atoms with E-state index >= 15 is 0 Å². The molecule has 8 heteroatoms. The molecular formula is C8H6I2O5S. The van der Waals surface area contributed by atoms with E-state index in [-0.39, 0.29) is 5.75 Å². The van der Waals surface area contributed by atoms with Crippen molar-refractivity contribution in [2.24, 2.45) is 0 Å². The van der Waals surface area contributed by atoms with Crippen molar-refractivity contribution in [1.82, 2.24) is 0 Å². The smallest absolute Gasteiger partial charge is 0.329 e. The van der Waals surface area contributed by atoms with Crippen molar-refractivity contribution in [2.45, 2.75) is 0 Å². The largest absolute Gasteiger partial charge is 0.426 e. The highest BCUT2D eigenvalue weighted by Gasteiger charge is 2.15. The van der Waals surface area contributed by atoms with Gasteiger partial charge in [0.1, 0.15) is 5.75 Å². The van der Waals surface area contributed by atoms with Crippen molar-refractivity contribution in [3.63, 3.8) is 0 Å². The maximum absolute atomic E-state index is 11.1. The van der Waals surface area contributed by atoms with E-state index in [4.69, 9.17) is 9.29 Å². The summed E-state index contributed by atoms with van der Waals surface area (Å²) in [4.78, 5) is 11.1. The number of hydrogen-bond acceptors (Lipinski definition) is 4. The van der Waals surface area contributed by atoms with Gasteiger partial charge in [-0.2, -0.15) is 8.42 Å². The van der Waals surface area contributed by atoms with Gasteiger partial charge in [-0.1, -0.05) is 0 Å². The topological polar surface area (TPSA) is 80.7 Å². The molecule has 0 bridgehead atoms. The molecule has 0 saturated carbocycles. The van der Waals surface area contributed by atoms with Crippen LogP contribution in [0.1, 0.15) is 0 Å². The van der Waals surface area contributed by atoms with E-state index in [2.05, 4.69) is 0 Å². The predicted octanol–water partition coefficient (Wildman–Crippen LogP) is 1.69. The Bertz CT molecular complexity index is 491. The van der Waals surface area contributed by atoms with Gasteiger partial charge in [-0.25, -0.2) is 0 Å². The summed E-state index contributed by atoms with van der Waals surface area (Å²) >= 11 is 4.08. The molecule has 0 spiro atoms. The molecule has 0 fully saturated rings. The second-order valence-corrected chi connectivity index (χ2v) is 6.75. The van der Waals surface area contributed by atoms with Crippen LogP contribution in [0.15, 0.2) is 18.2 Å². The van der Waals surface area contributed by atoms with Crippen molar-refractivity contribution in [2.75, 3.05) is 5.75 Å². The lowest BCUT2D eigenvalue weighted by Crippen LogP contribution is -2.20. The predicted molar refractivity (Wildman–Crippen MR) is 73.9 cm³/mol. The summed E-state index contributed by atoms with van der Waals surface area (Å²) in [6.45, 7) is 0. The Balaban J connectivity index is 2.77. The number of halogens is 2. The fourth-order valence-corrected chi connectivity index (χ4v) is 3.13. The average Bonchev–Trinajstić information content (AvgIpc) is 1.96. The molecule has 0 amide bonds. The molecule has 0 aliphatic rings. The van der Waals surface area contributed by atoms with Crippen molar-refractivity contribution in [3.8, 4) is 5.75 Å². The van der Waals surface area contributed by atoms with Crippen LogP contribution in [-0.4, -0.2) is 24.7 Å². The second kappa shape index (κ2) is 5.60. The lowest BCUT2D eigenvalue weighted by atomic mass is 10.3. The van der Waals surface area contributed by atoms with E-state index in [9.17, 15) is 13.2 Å². The molecule has 1 rings (SSSR count). The van der Waals surface area contributed by atoms with Gasteiger partial charge in [0.2, 0.25) is 0 Å². The van der Waals surface area contributed by atoms with Gasteiger partial charge in [-0.3, -0.25) is 9.35 Å². The normalized spacial score (nSPS) is 11.2. The maximum Gasteiger partial charge on any atom is 0.329 e. The Labute approximate surface area is 120 Å². The maximum atomic E-state index is 11.1. The molecule has 1 N–H and O–H groups in total. The molecule has 0 saturated heterocycles. The number of carbonyl (C=O) groups excluding carboxylic acids is 1. The van der Waals surface area contributed by atoms with Gasteiger partial charge in [0.15, 0.2) is 5.75 Å². The molecule has 0 aliphatic heterocycles. The van der Waals surface area contributed by atoms with E-state index in [1.807, 2.05) is 51.2 Å². The van der Waals surface area contributed by atoms with Gasteiger partial charge in [-0.15, -0.1) is 0 Å². The third kappa shape index (κ3) is 5.41. The van der Waals surface area contributed by atoms with Crippen LogP contribution in [0.5, 0.6) is 5.75 Å². The Morgan fingerprint density at radius 2 is 1.75 bits per heavy atom. The van der Waals surface area contributed by atoms with E-state index in [1.54, 1.807) is 12.1 Å². The SMILES string of the molecule is O=C(CS(=O)(=O)O)Oc1cc(I)cc(I)c1. The zero-order valence-corrected chi connectivity index (χ0v) is 12.8. The summed E-state index contributed by atoms with van der Waals surface area (Å²) in [5.74, 6) is -1.81. The molecule has 0 radical (unpaired) electrons. The molecule has 0 aliphatic carbocycles. The minimum atomic E-state index is -4.34. The van der Waals surface area contributed by atoms with Crippen LogP contribution in [0, 0.1) is 7.14 Å². The number of esters is 1. The lowest BCUT2D eigenvalue weighted by molar-refractivity contribution is -0.131. The van der Waals surface area contributed by atoms with Crippen LogP contribution in [0.4, 0.5) is 0 Å². The minimum absolute atomic E-state index is 0.255. The third-order valence-corrected chi connectivity index (χ3v) is 3.21. The first-order valence-electron chi connectivity index (χ1n) is 3.88. The summed E-state index contributed by atoms with van der Waals surface area (Å²) in [6, 6.07) is 5.04. The molecule has 0 unspecified atom stereocenters. The molecule has 1 aromatic carbocycles.